The molecule has 4 nitrogen and oxygen atoms in total. The van der Waals surface area contributed by atoms with Crippen LogP contribution in [0.5, 0.6) is 5.75 Å². The van der Waals surface area contributed by atoms with Gasteiger partial charge in [0.05, 0.1) is 16.4 Å². The Morgan fingerprint density at radius 2 is 2.19 bits per heavy atom. The van der Waals surface area contributed by atoms with E-state index < -0.39 is 0 Å². The van der Waals surface area contributed by atoms with Gasteiger partial charge in [-0.3, -0.25) is 4.68 Å². The average molecular weight is 312 g/mol. The summed E-state index contributed by atoms with van der Waals surface area (Å²) >= 11 is 6.23. The van der Waals surface area contributed by atoms with Gasteiger partial charge in [-0.2, -0.15) is 5.10 Å². The molecule has 0 saturated heterocycles. The minimum atomic E-state index is -0.360. The lowest BCUT2D eigenvalue weighted by Crippen LogP contribution is -2.10. The van der Waals surface area contributed by atoms with E-state index in [0.717, 1.165) is 17.0 Å². The van der Waals surface area contributed by atoms with Gasteiger partial charge in [0.25, 0.3) is 0 Å². The minimum absolute atomic E-state index is 0.219. The number of aryl methyl sites for hydroxylation is 2. The largest absolute Gasteiger partial charge is 0.487 e. The minimum Gasteiger partial charge on any atom is -0.487 e. The summed E-state index contributed by atoms with van der Waals surface area (Å²) in [5.41, 5.74) is 8.16. The highest BCUT2D eigenvalue weighted by molar-refractivity contribution is 6.31. The monoisotopic (exact) mass is 311 g/mol. The quantitative estimate of drug-likeness (QED) is 0.918. The zero-order chi connectivity index (χ0) is 15.6. The van der Waals surface area contributed by atoms with Crippen molar-refractivity contribution < 1.29 is 9.13 Å². The molecule has 0 aliphatic carbocycles. The summed E-state index contributed by atoms with van der Waals surface area (Å²) in [5, 5.41) is 4.90. The first-order valence-electron chi connectivity index (χ1n) is 6.83. The fourth-order valence-corrected chi connectivity index (χ4v) is 2.35. The number of rotatable bonds is 5. The molecule has 0 spiro atoms. The maximum atomic E-state index is 13.4. The smallest absolute Gasteiger partial charge is 0.131 e. The van der Waals surface area contributed by atoms with Crippen LogP contribution >= 0.6 is 11.6 Å². The molecule has 0 aliphatic heterocycles. The van der Waals surface area contributed by atoms with Crippen LogP contribution < -0.4 is 10.5 Å². The molecule has 0 saturated carbocycles. The molecule has 0 bridgehead atoms. The molecule has 1 aromatic carbocycles. The number of nitrogens with zero attached hydrogens (tertiary/aromatic N) is 2. The van der Waals surface area contributed by atoms with Gasteiger partial charge >= 0.3 is 0 Å². The molecule has 1 aromatic heterocycles. The number of hydrogen-bond donors (Lipinski definition) is 1. The summed E-state index contributed by atoms with van der Waals surface area (Å²) in [5.74, 6) is 0.0725. The second-order valence-electron chi connectivity index (χ2n) is 4.92. The summed E-state index contributed by atoms with van der Waals surface area (Å²) in [6.07, 6.45) is 0. The molecule has 0 amide bonds. The molecule has 114 valence electrons. The van der Waals surface area contributed by atoms with Crippen LogP contribution in [-0.4, -0.2) is 9.78 Å². The molecule has 2 rings (SSSR count). The molecule has 1 unspecified atom stereocenters. The Morgan fingerprint density at radius 3 is 2.81 bits per heavy atom. The van der Waals surface area contributed by atoms with Crippen LogP contribution in [0.4, 0.5) is 4.39 Å². The highest BCUT2D eigenvalue weighted by Gasteiger charge is 2.15. The fraction of sp³-hybridized carbons (Fsp3) is 0.400. The van der Waals surface area contributed by atoms with Gasteiger partial charge in [-0.15, -0.1) is 0 Å². The first kappa shape index (κ1) is 15.8. The summed E-state index contributed by atoms with van der Waals surface area (Å²) in [6, 6.07) is 4.11. The van der Waals surface area contributed by atoms with Crippen molar-refractivity contribution in [2.24, 2.45) is 5.73 Å². The van der Waals surface area contributed by atoms with Crippen LogP contribution in [0.15, 0.2) is 18.2 Å². The van der Waals surface area contributed by atoms with Crippen molar-refractivity contribution in [2.75, 3.05) is 0 Å². The van der Waals surface area contributed by atoms with Crippen LogP contribution in [0.2, 0.25) is 5.02 Å². The van der Waals surface area contributed by atoms with Crippen molar-refractivity contribution in [2.45, 2.75) is 40.0 Å². The fourth-order valence-electron chi connectivity index (χ4n) is 2.16. The van der Waals surface area contributed by atoms with E-state index in [4.69, 9.17) is 22.1 Å². The second kappa shape index (κ2) is 6.45. The zero-order valence-electron chi connectivity index (χ0n) is 12.4. The molecule has 2 aromatic rings. The Balaban J connectivity index is 2.26. The molecule has 0 radical (unpaired) electrons. The Labute approximate surface area is 128 Å². The van der Waals surface area contributed by atoms with Gasteiger partial charge in [-0.05, 0) is 26.8 Å². The predicted molar refractivity (Wildman–Crippen MR) is 81.0 cm³/mol. The highest BCUT2D eigenvalue weighted by Crippen LogP contribution is 2.27. The van der Waals surface area contributed by atoms with E-state index in [0.29, 0.717) is 17.3 Å². The standard InChI is InChI=1S/C15H19ClFN3O/c1-4-20-13(15(16)10(3)19-20)8-21-14-7-11(17)5-6-12(14)9(2)18/h5-7,9H,4,8,18H2,1-3H3. The summed E-state index contributed by atoms with van der Waals surface area (Å²) in [7, 11) is 0. The van der Waals surface area contributed by atoms with Crippen LogP contribution in [-0.2, 0) is 13.2 Å². The van der Waals surface area contributed by atoms with Crippen molar-refractivity contribution in [1.29, 1.82) is 0 Å². The van der Waals surface area contributed by atoms with E-state index in [-0.39, 0.29) is 18.5 Å². The van der Waals surface area contributed by atoms with Crippen molar-refractivity contribution >= 4 is 11.6 Å². The van der Waals surface area contributed by atoms with Gasteiger partial charge in [-0.1, -0.05) is 17.7 Å². The molecular formula is C15H19ClFN3O. The molecule has 2 N–H and O–H groups in total. The van der Waals surface area contributed by atoms with Crippen molar-refractivity contribution in [3.8, 4) is 5.75 Å². The SMILES string of the molecule is CCn1nc(C)c(Cl)c1COc1cc(F)ccc1C(C)N. The maximum absolute atomic E-state index is 13.4. The third-order valence-electron chi connectivity index (χ3n) is 3.28. The summed E-state index contributed by atoms with van der Waals surface area (Å²) in [6.45, 7) is 6.55. The normalized spacial score (nSPS) is 12.5. The van der Waals surface area contributed by atoms with E-state index in [1.165, 1.54) is 12.1 Å². The van der Waals surface area contributed by atoms with Gasteiger partial charge in [0.15, 0.2) is 0 Å². The third-order valence-corrected chi connectivity index (χ3v) is 3.78. The first-order valence-corrected chi connectivity index (χ1v) is 7.21. The topological polar surface area (TPSA) is 53.1 Å². The van der Waals surface area contributed by atoms with Gasteiger partial charge in [0, 0.05) is 24.2 Å². The Kier molecular flexibility index (Phi) is 4.85. The zero-order valence-corrected chi connectivity index (χ0v) is 13.1. The second-order valence-corrected chi connectivity index (χ2v) is 5.30. The lowest BCUT2D eigenvalue weighted by atomic mass is 10.1. The number of benzene rings is 1. The maximum Gasteiger partial charge on any atom is 0.131 e. The van der Waals surface area contributed by atoms with Crippen LogP contribution in [0.1, 0.15) is 36.8 Å². The lowest BCUT2D eigenvalue weighted by Gasteiger charge is -2.14. The number of hydrogen-bond acceptors (Lipinski definition) is 3. The molecule has 0 fully saturated rings. The van der Waals surface area contributed by atoms with Crippen LogP contribution in [0.25, 0.3) is 0 Å². The molecular weight excluding hydrogens is 293 g/mol. The molecule has 1 heterocycles. The highest BCUT2D eigenvalue weighted by atomic mass is 35.5. The van der Waals surface area contributed by atoms with Crippen molar-refractivity contribution in [1.82, 2.24) is 9.78 Å². The van der Waals surface area contributed by atoms with Gasteiger partial charge in [-0.25, -0.2) is 4.39 Å². The van der Waals surface area contributed by atoms with Crippen LogP contribution in [0, 0.1) is 12.7 Å². The predicted octanol–water partition coefficient (Wildman–Crippen LogP) is 3.60. The summed E-state index contributed by atoms with van der Waals surface area (Å²) < 4.78 is 20.9. The molecule has 6 heteroatoms. The lowest BCUT2D eigenvalue weighted by molar-refractivity contribution is 0.287. The average Bonchev–Trinajstić information content (AvgIpc) is 2.71. The van der Waals surface area contributed by atoms with Crippen LogP contribution in [0.3, 0.4) is 0 Å². The number of ether oxygens (including phenoxy) is 1. The van der Waals surface area contributed by atoms with Crippen molar-refractivity contribution in [3.05, 3.63) is 46.0 Å². The van der Waals surface area contributed by atoms with E-state index in [1.807, 2.05) is 20.8 Å². The van der Waals surface area contributed by atoms with E-state index in [2.05, 4.69) is 5.10 Å². The number of aromatic nitrogens is 2. The first-order chi connectivity index (χ1) is 9.93. The molecule has 21 heavy (non-hydrogen) atoms. The van der Waals surface area contributed by atoms with Gasteiger partial charge < -0.3 is 10.5 Å². The van der Waals surface area contributed by atoms with Gasteiger partial charge in [0.1, 0.15) is 18.2 Å². The molecule has 0 aliphatic rings. The molecule has 1 atom stereocenters. The number of nitrogens with two attached hydrogens (primary N) is 1. The Morgan fingerprint density at radius 1 is 1.48 bits per heavy atom. The van der Waals surface area contributed by atoms with E-state index >= 15 is 0 Å². The van der Waals surface area contributed by atoms with E-state index in [1.54, 1.807) is 10.7 Å². The van der Waals surface area contributed by atoms with Gasteiger partial charge in [0.2, 0.25) is 0 Å². The number of halogens is 2. The van der Waals surface area contributed by atoms with Crippen molar-refractivity contribution in [3.63, 3.8) is 0 Å². The Hall–Kier alpha value is -1.59. The summed E-state index contributed by atoms with van der Waals surface area (Å²) in [4.78, 5) is 0. The third kappa shape index (κ3) is 3.36. The Bertz CT molecular complexity index is 640. The van der Waals surface area contributed by atoms with E-state index in [9.17, 15) is 4.39 Å².